The van der Waals surface area contributed by atoms with Crippen molar-refractivity contribution in [1.29, 1.82) is 0 Å². The Kier molecular flexibility index (Phi) is 2.23. The second kappa shape index (κ2) is 3.54. The van der Waals surface area contributed by atoms with Gasteiger partial charge in [-0.15, -0.1) is 0 Å². The number of anilines is 1. The van der Waals surface area contributed by atoms with Crippen molar-refractivity contribution in [2.45, 2.75) is 13.3 Å². The van der Waals surface area contributed by atoms with E-state index in [0.29, 0.717) is 0 Å². The predicted molar refractivity (Wildman–Crippen MR) is 57.4 cm³/mol. The number of imidazole rings is 1. The summed E-state index contributed by atoms with van der Waals surface area (Å²) in [4.78, 5) is 4.12. The number of rotatable bonds is 2. The highest BCUT2D eigenvalue weighted by Crippen LogP contribution is 2.13. The second-order valence-corrected chi connectivity index (χ2v) is 3.20. The fraction of sp³-hybridized carbons (Fsp3) is 0.182. The molecule has 0 aliphatic carbocycles. The molecule has 0 saturated heterocycles. The zero-order valence-corrected chi connectivity index (χ0v) is 8.14. The zero-order chi connectivity index (χ0) is 9.97. The lowest BCUT2D eigenvalue weighted by Crippen LogP contribution is -1.97. The number of benzene rings is 1. The van der Waals surface area contributed by atoms with Gasteiger partial charge in [0.15, 0.2) is 0 Å². The standard InChI is InChI=1S/C11H13N3/c1-2-10-7-13-8-14(10)11-5-3-9(12)4-6-11/h3-8H,2,12H2,1H3. The van der Waals surface area contributed by atoms with Crippen molar-refractivity contribution in [3.63, 3.8) is 0 Å². The van der Waals surface area contributed by atoms with E-state index in [-0.39, 0.29) is 0 Å². The molecule has 1 heterocycles. The molecule has 0 radical (unpaired) electrons. The van der Waals surface area contributed by atoms with Crippen LogP contribution in [0.25, 0.3) is 5.69 Å². The lowest BCUT2D eigenvalue weighted by molar-refractivity contribution is 0.934. The van der Waals surface area contributed by atoms with Crippen LogP contribution in [-0.2, 0) is 6.42 Å². The highest BCUT2D eigenvalue weighted by molar-refractivity contribution is 5.45. The molecule has 3 heteroatoms. The quantitative estimate of drug-likeness (QED) is 0.731. The summed E-state index contributed by atoms with van der Waals surface area (Å²) in [6, 6.07) is 7.79. The van der Waals surface area contributed by atoms with Crippen LogP contribution in [-0.4, -0.2) is 9.55 Å². The van der Waals surface area contributed by atoms with E-state index in [1.165, 1.54) is 5.69 Å². The molecule has 2 N–H and O–H groups in total. The molecule has 14 heavy (non-hydrogen) atoms. The van der Waals surface area contributed by atoms with Crippen molar-refractivity contribution >= 4 is 5.69 Å². The van der Waals surface area contributed by atoms with E-state index in [1.54, 1.807) is 0 Å². The molecular weight excluding hydrogens is 174 g/mol. The Morgan fingerprint density at radius 2 is 2.00 bits per heavy atom. The minimum Gasteiger partial charge on any atom is -0.399 e. The maximum Gasteiger partial charge on any atom is 0.0994 e. The number of nitrogens with two attached hydrogens (primary N) is 1. The van der Waals surface area contributed by atoms with Gasteiger partial charge in [0.2, 0.25) is 0 Å². The molecular formula is C11H13N3. The van der Waals surface area contributed by atoms with Crippen molar-refractivity contribution < 1.29 is 0 Å². The Hall–Kier alpha value is -1.77. The van der Waals surface area contributed by atoms with Crippen LogP contribution in [0.2, 0.25) is 0 Å². The van der Waals surface area contributed by atoms with Crippen LogP contribution in [0.3, 0.4) is 0 Å². The SMILES string of the molecule is CCc1cncn1-c1ccc(N)cc1. The van der Waals surface area contributed by atoms with Crippen molar-refractivity contribution in [2.24, 2.45) is 0 Å². The number of nitrogens with zero attached hydrogens (tertiary/aromatic N) is 2. The molecule has 0 aliphatic rings. The minimum atomic E-state index is 0.784. The van der Waals surface area contributed by atoms with Gasteiger partial charge in [-0.05, 0) is 30.7 Å². The highest BCUT2D eigenvalue weighted by atomic mass is 15.0. The maximum atomic E-state index is 5.63. The normalized spacial score (nSPS) is 10.4. The summed E-state index contributed by atoms with van der Waals surface area (Å²) in [6.07, 6.45) is 4.69. The number of nitrogen functional groups attached to an aromatic ring is 1. The molecule has 0 spiro atoms. The Labute approximate surface area is 83.2 Å². The number of aryl methyl sites for hydroxylation is 1. The Morgan fingerprint density at radius 1 is 1.29 bits per heavy atom. The van der Waals surface area contributed by atoms with Crippen molar-refractivity contribution in [2.75, 3.05) is 5.73 Å². The summed E-state index contributed by atoms with van der Waals surface area (Å²) < 4.78 is 2.07. The van der Waals surface area contributed by atoms with Crippen LogP contribution in [0.4, 0.5) is 5.69 Å². The van der Waals surface area contributed by atoms with Gasteiger partial charge in [0.05, 0.1) is 6.33 Å². The molecule has 72 valence electrons. The highest BCUT2D eigenvalue weighted by Gasteiger charge is 2.01. The lowest BCUT2D eigenvalue weighted by Gasteiger charge is -2.06. The number of aromatic nitrogens is 2. The summed E-state index contributed by atoms with van der Waals surface area (Å²) in [5.74, 6) is 0. The summed E-state index contributed by atoms with van der Waals surface area (Å²) in [7, 11) is 0. The average Bonchev–Trinajstić information content (AvgIpc) is 2.67. The molecule has 0 saturated carbocycles. The largest absolute Gasteiger partial charge is 0.399 e. The molecule has 2 aromatic rings. The smallest absolute Gasteiger partial charge is 0.0994 e. The third-order valence-corrected chi connectivity index (χ3v) is 2.25. The lowest BCUT2D eigenvalue weighted by atomic mass is 10.2. The first kappa shape index (κ1) is 8.81. The third-order valence-electron chi connectivity index (χ3n) is 2.25. The van der Waals surface area contributed by atoms with E-state index < -0.39 is 0 Å². The van der Waals surface area contributed by atoms with Crippen LogP contribution in [0, 0.1) is 0 Å². The molecule has 0 atom stereocenters. The second-order valence-electron chi connectivity index (χ2n) is 3.20. The van der Waals surface area contributed by atoms with Gasteiger partial charge in [0.25, 0.3) is 0 Å². The van der Waals surface area contributed by atoms with Gasteiger partial charge >= 0.3 is 0 Å². The molecule has 0 fully saturated rings. The zero-order valence-electron chi connectivity index (χ0n) is 8.14. The summed E-state index contributed by atoms with van der Waals surface area (Å²) >= 11 is 0. The van der Waals surface area contributed by atoms with Crippen LogP contribution < -0.4 is 5.73 Å². The van der Waals surface area contributed by atoms with Crippen LogP contribution in [0.5, 0.6) is 0 Å². The fourth-order valence-corrected chi connectivity index (χ4v) is 1.45. The van der Waals surface area contributed by atoms with E-state index in [2.05, 4.69) is 16.5 Å². The van der Waals surface area contributed by atoms with E-state index >= 15 is 0 Å². The Bertz CT molecular complexity index is 414. The molecule has 1 aromatic carbocycles. The third kappa shape index (κ3) is 1.48. The van der Waals surface area contributed by atoms with Crippen molar-refractivity contribution in [1.82, 2.24) is 9.55 Å². The molecule has 0 bridgehead atoms. The summed E-state index contributed by atoms with van der Waals surface area (Å²) in [5.41, 5.74) is 8.72. The first-order valence-electron chi connectivity index (χ1n) is 4.68. The van der Waals surface area contributed by atoms with Gasteiger partial charge in [-0.2, -0.15) is 0 Å². The molecule has 0 amide bonds. The first-order valence-corrected chi connectivity index (χ1v) is 4.68. The van der Waals surface area contributed by atoms with Crippen molar-refractivity contribution in [3.05, 3.63) is 42.5 Å². The molecule has 1 aromatic heterocycles. The number of hydrogen-bond donors (Lipinski definition) is 1. The molecule has 0 aliphatic heterocycles. The van der Waals surface area contributed by atoms with Gasteiger partial charge in [-0.25, -0.2) is 4.98 Å². The van der Waals surface area contributed by atoms with E-state index in [9.17, 15) is 0 Å². The summed E-state index contributed by atoms with van der Waals surface area (Å²) in [6.45, 7) is 2.12. The molecule has 0 unspecified atom stereocenters. The topological polar surface area (TPSA) is 43.8 Å². The summed E-state index contributed by atoms with van der Waals surface area (Å²) in [5, 5.41) is 0. The predicted octanol–water partition coefficient (Wildman–Crippen LogP) is 2.02. The molecule has 2 rings (SSSR count). The van der Waals surface area contributed by atoms with Gasteiger partial charge in [-0.3, -0.25) is 0 Å². The number of hydrogen-bond acceptors (Lipinski definition) is 2. The van der Waals surface area contributed by atoms with Crippen LogP contribution >= 0.6 is 0 Å². The monoisotopic (exact) mass is 187 g/mol. The van der Waals surface area contributed by atoms with Gasteiger partial charge < -0.3 is 10.3 Å². The van der Waals surface area contributed by atoms with Gasteiger partial charge in [0, 0.05) is 23.3 Å². The van der Waals surface area contributed by atoms with E-state index in [0.717, 1.165) is 17.8 Å². The average molecular weight is 187 g/mol. The Morgan fingerprint density at radius 3 is 2.64 bits per heavy atom. The van der Waals surface area contributed by atoms with Crippen molar-refractivity contribution in [3.8, 4) is 5.69 Å². The van der Waals surface area contributed by atoms with E-state index in [1.807, 2.05) is 36.8 Å². The fourth-order valence-electron chi connectivity index (χ4n) is 1.45. The first-order chi connectivity index (χ1) is 6.81. The minimum absolute atomic E-state index is 0.784. The maximum absolute atomic E-state index is 5.63. The van der Waals surface area contributed by atoms with E-state index in [4.69, 9.17) is 5.73 Å². The molecule has 3 nitrogen and oxygen atoms in total. The van der Waals surface area contributed by atoms with Crippen LogP contribution in [0.1, 0.15) is 12.6 Å². The Balaban J connectivity index is 2.44. The van der Waals surface area contributed by atoms with Gasteiger partial charge in [0.1, 0.15) is 0 Å². The van der Waals surface area contributed by atoms with Gasteiger partial charge in [-0.1, -0.05) is 6.92 Å². The van der Waals surface area contributed by atoms with Crippen LogP contribution in [0.15, 0.2) is 36.8 Å².